The molecule has 0 rings (SSSR count). The molecule has 1 N–H and O–H groups in total. The highest BCUT2D eigenvalue weighted by atomic mass is 33.5. The number of esters is 3. The van der Waals surface area contributed by atoms with Crippen LogP contribution in [0.1, 0.15) is 318 Å². The Balaban J connectivity index is 4.95. The average Bonchev–Trinajstić information content (AvgIpc) is 3.59. The third-order valence-corrected chi connectivity index (χ3v) is 28.9. The quantitative estimate of drug-likeness (QED) is 0.0270. The standard InChI is InChI=1S/C68H134N2O7S9/c1-7-13-16-19-22-25-28-31-34-37-40-43-57-78-84-81-60-63(10-4)75-66(72)47-52-69(53-48-67(73)76-64(11-5)61-82-85-79-58-44-41-38-35-32-29-26-23-20-17-14-8-2)50-46-51-70(55-56-71)54-49-68(74)77-65(12-6)62-83-86-80-59-45-42-39-36-33-30-27-24-21-18-15-9-3/h63-65,71H,7-62H2,1-6H3. The number of unbranched alkanes of at least 4 members (excludes halogenated alkanes) is 33. The molecular formula is C68H134N2O7S9. The monoisotopic (exact) mass is 1380 g/mol. The van der Waals surface area contributed by atoms with E-state index in [1.807, 2.05) is 61.9 Å². The van der Waals surface area contributed by atoms with Crippen molar-refractivity contribution < 1.29 is 33.7 Å². The highest BCUT2D eigenvalue weighted by molar-refractivity contribution is 9.10. The first-order valence-corrected chi connectivity index (χ1v) is 47.1. The largest absolute Gasteiger partial charge is 0.461 e. The molecular weight excluding hydrogens is 1250 g/mol. The number of rotatable bonds is 72. The summed E-state index contributed by atoms with van der Waals surface area (Å²) < 4.78 is 18.0. The van der Waals surface area contributed by atoms with E-state index in [1.54, 1.807) is 32.4 Å². The summed E-state index contributed by atoms with van der Waals surface area (Å²) in [4.78, 5) is 44.1. The summed E-state index contributed by atoms with van der Waals surface area (Å²) in [6.45, 7) is 16.4. The number of aliphatic hydroxyl groups is 1. The lowest BCUT2D eigenvalue weighted by Crippen LogP contribution is -2.36. The van der Waals surface area contributed by atoms with Crippen LogP contribution in [0, 0.1) is 0 Å². The number of nitrogens with zero attached hydrogens (tertiary/aromatic N) is 2. The topological polar surface area (TPSA) is 106 Å². The molecule has 0 aliphatic heterocycles. The zero-order chi connectivity index (χ0) is 62.7. The molecule has 0 aromatic carbocycles. The number of carbonyl (C=O) groups is 3. The molecule has 512 valence electrons. The molecule has 0 bridgehead atoms. The van der Waals surface area contributed by atoms with Crippen molar-refractivity contribution in [1.82, 2.24) is 9.80 Å². The van der Waals surface area contributed by atoms with E-state index >= 15 is 0 Å². The van der Waals surface area contributed by atoms with Gasteiger partial charge in [0.25, 0.3) is 0 Å². The normalized spacial score (nSPS) is 12.8. The Morgan fingerprint density at radius 2 is 0.535 bits per heavy atom. The predicted molar refractivity (Wildman–Crippen MR) is 400 cm³/mol. The fraction of sp³-hybridized carbons (Fsp3) is 0.956. The van der Waals surface area contributed by atoms with E-state index in [4.69, 9.17) is 14.2 Å². The molecule has 0 saturated carbocycles. The van der Waals surface area contributed by atoms with Gasteiger partial charge in [-0.1, -0.05) is 318 Å². The van der Waals surface area contributed by atoms with E-state index in [0.29, 0.717) is 39.3 Å². The van der Waals surface area contributed by atoms with Crippen LogP contribution >= 0.6 is 94.2 Å². The fourth-order valence-corrected chi connectivity index (χ4v) is 22.3. The van der Waals surface area contributed by atoms with E-state index in [9.17, 15) is 19.5 Å². The summed E-state index contributed by atoms with van der Waals surface area (Å²) in [5, 5.41) is 9.99. The minimum Gasteiger partial charge on any atom is -0.461 e. The molecule has 18 heteroatoms. The van der Waals surface area contributed by atoms with Crippen molar-refractivity contribution in [2.45, 2.75) is 336 Å². The summed E-state index contributed by atoms with van der Waals surface area (Å²) in [5.41, 5.74) is 0. The Kier molecular flexibility index (Phi) is 73.5. The third kappa shape index (κ3) is 64.2. The van der Waals surface area contributed by atoms with Crippen LogP contribution in [0.2, 0.25) is 0 Å². The molecule has 0 aromatic rings. The smallest absolute Gasteiger partial charge is 0.307 e. The lowest BCUT2D eigenvalue weighted by atomic mass is 10.1. The molecule has 0 spiro atoms. The van der Waals surface area contributed by atoms with Crippen molar-refractivity contribution >= 4 is 112 Å². The van der Waals surface area contributed by atoms with Gasteiger partial charge < -0.3 is 29.1 Å². The summed E-state index contributed by atoms with van der Waals surface area (Å²) in [5.74, 6) is 5.20. The van der Waals surface area contributed by atoms with Crippen LogP contribution in [0.15, 0.2) is 0 Å². The van der Waals surface area contributed by atoms with Crippen molar-refractivity contribution in [2.24, 2.45) is 0 Å². The molecule has 0 fully saturated rings. The second-order valence-corrected chi connectivity index (χ2v) is 37.0. The van der Waals surface area contributed by atoms with Crippen LogP contribution < -0.4 is 0 Å². The Hall–Kier alpha value is 1.44. The van der Waals surface area contributed by atoms with Crippen molar-refractivity contribution in [1.29, 1.82) is 0 Å². The molecule has 0 saturated heterocycles. The van der Waals surface area contributed by atoms with Gasteiger partial charge in [0, 0.05) is 60.7 Å². The van der Waals surface area contributed by atoms with Crippen LogP contribution in [-0.2, 0) is 28.6 Å². The van der Waals surface area contributed by atoms with Crippen LogP contribution in [0.3, 0.4) is 0 Å². The fourth-order valence-electron chi connectivity index (χ4n) is 10.0. The molecule has 0 aromatic heterocycles. The zero-order valence-corrected chi connectivity index (χ0v) is 63.6. The van der Waals surface area contributed by atoms with E-state index in [1.165, 1.54) is 231 Å². The lowest BCUT2D eigenvalue weighted by molar-refractivity contribution is -0.149. The van der Waals surface area contributed by atoms with Crippen molar-refractivity contribution in [3.63, 3.8) is 0 Å². The highest BCUT2D eigenvalue weighted by Gasteiger charge is 2.20. The van der Waals surface area contributed by atoms with E-state index in [-0.39, 0.29) is 62.1 Å². The van der Waals surface area contributed by atoms with Gasteiger partial charge in [0.15, 0.2) is 0 Å². The Morgan fingerprint density at radius 1 is 0.302 bits per heavy atom. The van der Waals surface area contributed by atoms with Gasteiger partial charge >= 0.3 is 17.9 Å². The molecule has 3 atom stereocenters. The van der Waals surface area contributed by atoms with Gasteiger partial charge in [-0.3, -0.25) is 14.4 Å². The van der Waals surface area contributed by atoms with Gasteiger partial charge in [0.05, 0.1) is 25.9 Å². The Bertz CT molecular complexity index is 1360. The Morgan fingerprint density at radius 3 is 0.767 bits per heavy atom. The second kappa shape index (κ2) is 72.3. The summed E-state index contributed by atoms with van der Waals surface area (Å²) >= 11 is 0. The molecule has 9 nitrogen and oxygen atoms in total. The highest BCUT2D eigenvalue weighted by Crippen LogP contribution is 2.38. The zero-order valence-electron chi connectivity index (χ0n) is 56.3. The molecule has 0 aliphatic rings. The number of hydrogen-bond acceptors (Lipinski definition) is 18. The van der Waals surface area contributed by atoms with Crippen LogP contribution in [0.4, 0.5) is 0 Å². The van der Waals surface area contributed by atoms with Crippen molar-refractivity contribution in [2.75, 3.05) is 80.4 Å². The van der Waals surface area contributed by atoms with Crippen LogP contribution in [0.25, 0.3) is 0 Å². The molecule has 86 heavy (non-hydrogen) atoms. The number of hydrogen-bond donors (Lipinski definition) is 1. The second-order valence-electron chi connectivity index (χ2n) is 23.8. The summed E-state index contributed by atoms with van der Waals surface area (Å²) in [6, 6.07) is 0. The molecule has 0 radical (unpaired) electrons. The maximum Gasteiger partial charge on any atom is 0.307 e. The van der Waals surface area contributed by atoms with E-state index < -0.39 is 0 Å². The minimum atomic E-state index is -0.201. The number of carbonyl (C=O) groups excluding carboxylic acids is 3. The first-order valence-electron chi connectivity index (χ1n) is 35.6. The van der Waals surface area contributed by atoms with Gasteiger partial charge in [-0.05, 0) is 87.5 Å². The van der Waals surface area contributed by atoms with Gasteiger partial charge in [-0.15, -0.1) is 0 Å². The van der Waals surface area contributed by atoms with E-state index in [2.05, 4.69) is 51.3 Å². The molecule has 0 amide bonds. The van der Waals surface area contributed by atoms with Gasteiger partial charge in [-0.25, -0.2) is 0 Å². The third-order valence-electron chi connectivity index (χ3n) is 15.8. The molecule has 0 heterocycles. The lowest BCUT2D eigenvalue weighted by Gasteiger charge is -2.26. The van der Waals surface area contributed by atoms with E-state index in [0.717, 1.165) is 60.2 Å². The maximum atomic E-state index is 13.4. The maximum absolute atomic E-state index is 13.4. The van der Waals surface area contributed by atoms with Crippen LogP contribution in [0.5, 0.6) is 0 Å². The van der Waals surface area contributed by atoms with Gasteiger partial charge in [0.2, 0.25) is 0 Å². The average molecular weight is 1380 g/mol. The molecule has 0 aliphatic carbocycles. The van der Waals surface area contributed by atoms with Crippen LogP contribution in [-0.4, -0.2) is 132 Å². The van der Waals surface area contributed by atoms with Gasteiger partial charge in [0.1, 0.15) is 18.3 Å². The predicted octanol–water partition coefficient (Wildman–Crippen LogP) is 23.3. The van der Waals surface area contributed by atoms with Gasteiger partial charge in [-0.2, -0.15) is 0 Å². The number of ether oxygens (including phenoxy) is 3. The first kappa shape index (κ1) is 87.4. The Labute approximate surface area is 567 Å². The SMILES string of the molecule is CCCCCCCCCCCCCCSSSCC(CC)OC(=O)CCN(CCO)CCCN(CCC(=O)OC(CC)CSSSCCCCCCCCCCCCCC)CCC(=O)OC(CC)CSSSCCCCCCCCCCCCCC. The summed E-state index contributed by atoms with van der Waals surface area (Å²) in [6.07, 6.45) is 52.7. The number of aliphatic hydroxyl groups excluding tert-OH is 1. The summed E-state index contributed by atoms with van der Waals surface area (Å²) in [7, 11) is 16.6. The molecule has 3 unspecified atom stereocenters. The minimum absolute atomic E-state index is 0.000156. The van der Waals surface area contributed by atoms with Crippen molar-refractivity contribution in [3.8, 4) is 0 Å². The van der Waals surface area contributed by atoms with Crippen molar-refractivity contribution in [3.05, 3.63) is 0 Å². The first-order chi connectivity index (χ1) is 42.3.